The second-order valence-electron chi connectivity index (χ2n) is 4.36. The Hall–Kier alpha value is -1.82. The summed E-state index contributed by atoms with van der Waals surface area (Å²) in [6, 6.07) is 3.81. The third-order valence-corrected chi connectivity index (χ3v) is 3.08. The fourth-order valence-corrected chi connectivity index (χ4v) is 1.98. The molecule has 0 spiro atoms. The molecular formula is C12H16N2O4. The second-order valence-corrected chi connectivity index (χ2v) is 4.36. The van der Waals surface area contributed by atoms with Crippen LogP contribution in [-0.2, 0) is 27.9 Å². The van der Waals surface area contributed by atoms with Crippen LogP contribution in [0.5, 0.6) is 0 Å². The van der Waals surface area contributed by atoms with Crippen molar-refractivity contribution in [2.75, 3.05) is 0 Å². The number of nitrogens with one attached hydrogen (secondary N) is 1. The molecule has 2 atom stereocenters. The molecule has 2 heterocycles. The van der Waals surface area contributed by atoms with Crippen molar-refractivity contribution in [3.8, 4) is 0 Å². The summed E-state index contributed by atoms with van der Waals surface area (Å²) in [5, 5.41) is 11.5. The lowest BCUT2D eigenvalue weighted by Crippen LogP contribution is -2.35. The predicted molar refractivity (Wildman–Crippen MR) is 62.8 cm³/mol. The van der Waals surface area contributed by atoms with Crippen LogP contribution in [0.4, 0.5) is 0 Å². The normalized spacial score (nSPS) is 22.9. The van der Waals surface area contributed by atoms with Gasteiger partial charge < -0.3 is 19.7 Å². The molecule has 1 fully saturated rings. The number of amides is 1. The lowest BCUT2D eigenvalue weighted by molar-refractivity contribution is -0.151. The average molecular weight is 252 g/mol. The monoisotopic (exact) mass is 252 g/mol. The number of carboxylic acids is 1. The molecule has 18 heavy (non-hydrogen) atoms. The molecule has 6 nitrogen and oxygen atoms in total. The van der Waals surface area contributed by atoms with Gasteiger partial charge in [0.05, 0.1) is 6.54 Å². The van der Waals surface area contributed by atoms with Crippen molar-refractivity contribution in [1.29, 1.82) is 0 Å². The Morgan fingerprint density at radius 3 is 2.78 bits per heavy atom. The summed E-state index contributed by atoms with van der Waals surface area (Å²) in [6.07, 6.45) is 1.24. The van der Waals surface area contributed by atoms with Crippen molar-refractivity contribution in [2.45, 2.75) is 31.6 Å². The Labute approximate surface area is 105 Å². The van der Waals surface area contributed by atoms with Gasteiger partial charge >= 0.3 is 5.97 Å². The third kappa shape index (κ3) is 2.70. The van der Waals surface area contributed by atoms with E-state index in [9.17, 15) is 9.59 Å². The van der Waals surface area contributed by atoms with Gasteiger partial charge in [-0.25, -0.2) is 4.79 Å². The van der Waals surface area contributed by atoms with Gasteiger partial charge in [-0.05, 0) is 25.0 Å². The van der Waals surface area contributed by atoms with Crippen LogP contribution in [0.2, 0.25) is 0 Å². The van der Waals surface area contributed by atoms with Gasteiger partial charge in [-0.2, -0.15) is 0 Å². The molecule has 1 amide bonds. The molecule has 0 aliphatic carbocycles. The largest absolute Gasteiger partial charge is 0.479 e. The summed E-state index contributed by atoms with van der Waals surface area (Å²) < 4.78 is 7.08. The van der Waals surface area contributed by atoms with E-state index in [0.29, 0.717) is 19.4 Å². The smallest absolute Gasteiger partial charge is 0.332 e. The maximum atomic E-state index is 11.8. The predicted octanol–water partition coefficient (Wildman–Crippen LogP) is 0.273. The first-order chi connectivity index (χ1) is 8.58. The zero-order chi connectivity index (χ0) is 13.1. The number of aromatic nitrogens is 1. The number of carbonyl (C=O) groups excluding carboxylic acids is 1. The summed E-state index contributed by atoms with van der Waals surface area (Å²) in [7, 11) is 1.90. The van der Waals surface area contributed by atoms with Crippen molar-refractivity contribution in [3.63, 3.8) is 0 Å². The molecule has 0 radical (unpaired) electrons. The molecule has 1 aliphatic heterocycles. The number of aliphatic carboxylic acids is 1. The van der Waals surface area contributed by atoms with Crippen LogP contribution in [0, 0.1) is 0 Å². The lowest BCUT2D eigenvalue weighted by Gasteiger charge is -2.12. The Morgan fingerprint density at radius 1 is 1.50 bits per heavy atom. The minimum atomic E-state index is -1.01. The van der Waals surface area contributed by atoms with E-state index in [1.165, 1.54) is 0 Å². The molecule has 2 rings (SSSR count). The molecular weight excluding hydrogens is 236 g/mol. The molecule has 6 heteroatoms. The molecule has 1 aliphatic rings. The van der Waals surface area contributed by atoms with Gasteiger partial charge in [0.15, 0.2) is 6.10 Å². The van der Waals surface area contributed by atoms with E-state index >= 15 is 0 Å². The lowest BCUT2D eigenvalue weighted by atomic mass is 10.2. The van der Waals surface area contributed by atoms with Crippen molar-refractivity contribution in [1.82, 2.24) is 9.88 Å². The van der Waals surface area contributed by atoms with Gasteiger partial charge in [0.2, 0.25) is 5.91 Å². The summed E-state index contributed by atoms with van der Waals surface area (Å²) in [6.45, 7) is 0.417. The van der Waals surface area contributed by atoms with Gasteiger partial charge in [-0.15, -0.1) is 0 Å². The molecule has 0 bridgehead atoms. The number of nitrogens with zero attached hydrogens (tertiary/aromatic N) is 1. The van der Waals surface area contributed by atoms with Crippen LogP contribution in [0.25, 0.3) is 0 Å². The summed E-state index contributed by atoms with van der Waals surface area (Å²) in [5.41, 5.74) is 0.983. The molecule has 1 aromatic heterocycles. The second kappa shape index (κ2) is 5.22. The molecule has 98 valence electrons. The van der Waals surface area contributed by atoms with E-state index < -0.39 is 18.2 Å². The maximum Gasteiger partial charge on any atom is 0.332 e. The third-order valence-electron chi connectivity index (χ3n) is 3.08. The zero-order valence-corrected chi connectivity index (χ0v) is 10.1. The Kier molecular flexibility index (Phi) is 3.66. The highest BCUT2D eigenvalue weighted by Gasteiger charge is 2.34. The number of hydrogen-bond donors (Lipinski definition) is 2. The van der Waals surface area contributed by atoms with E-state index in [1.807, 2.05) is 29.9 Å². The quantitative estimate of drug-likeness (QED) is 0.806. The van der Waals surface area contributed by atoms with Gasteiger partial charge in [0, 0.05) is 18.9 Å². The molecule has 1 aromatic rings. The Balaban J connectivity index is 1.83. The van der Waals surface area contributed by atoms with E-state index in [4.69, 9.17) is 9.84 Å². The number of aryl methyl sites for hydroxylation is 1. The topological polar surface area (TPSA) is 80.6 Å². The van der Waals surface area contributed by atoms with Gasteiger partial charge in [-0.1, -0.05) is 0 Å². The number of hydrogen-bond acceptors (Lipinski definition) is 3. The zero-order valence-electron chi connectivity index (χ0n) is 10.1. The standard InChI is InChI=1S/C12H16N2O4/c1-14-6-2-3-8(14)7-13-11(15)9-4-5-10(18-9)12(16)17/h2-3,6,9-10H,4-5,7H2,1H3,(H,13,15)(H,16,17)/t9-,10+/m0/s1. The van der Waals surface area contributed by atoms with E-state index in [2.05, 4.69) is 5.32 Å². The number of carboxylic acid groups (broad SMARTS) is 1. The van der Waals surface area contributed by atoms with Crippen LogP contribution in [0.3, 0.4) is 0 Å². The first kappa shape index (κ1) is 12.6. The van der Waals surface area contributed by atoms with Crippen LogP contribution >= 0.6 is 0 Å². The van der Waals surface area contributed by atoms with E-state index in [-0.39, 0.29) is 5.91 Å². The van der Waals surface area contributed by atoms with Crippen molar-refractivity contribution < 1.29 is 19.4 Å². The minimum Gasteiger partial charge on any atom is -0.479 e. The SMILES string of the molecule is Cn1cccc1CNC(=O)[C@@H]1CC[C@H](C(=O)O)O1. The van der Waals surface area contributed by atoms with Gasteiger partial charge in [0.25, 0.3) is 0 Å². The maximum absolute atomic E-state index is 11.8. The molecule has 1 saturated heterocycles. The molecule has 0 unspecified atom stereocenters. The number of ether oxygens (including phenoxy) is 1. The highest BCUT2D eigenvalue weighted by atomic mass is 16.5. The number of rotatable bonds is 4. The van der Waals surface area contributed by atoms with Gasteiger partial charge in [0.1, 0.15) is 6.10 Å². The molecule has 2 N–H and O–H groups in total. The fraction of sp³-hybridized carbons (Fsp3) is 0.500. The average Bonchev–Trinajstić information content (AvgIpc) is 2.94. The highest BCUT2D eigenvalue weighted by molar-refractivity contribution is 5.82. The fourth-order valence-electron chi connectivity index (χ4n) is 1.98. The van der Waals surface area contributed by atoms with Crippen molar-refractivity contribution in [3.05, 3.63) is 24.0 Å². The molecule has 0 aromatic carbocycles. The van der Waals surface area contributed by atoms with Crippen LogP contribution in [0.15, 0.2) is 18.3 Å². The van der Waals surface area contributed by atoms with Crippen LogP contribution in [-0.4, -0.2) is 33.8 Å². The number of carbonyl (C=O) groups is 2. The summed E-state index contributed by atoms with van der Waals surface area (Å²) in [5.74, 6) is -1.26. The van der Waals surface area contributed by atoms with E-state index in [0.717, 1.165) is 5.69 Å². The van der Waals surface area contributed by atoms with Crippen molar-refractivity contribution in [2.24, 2.45) is 7.05 Å². The Morgan fingerprint density at radius 2 is 2.22 bits per heavy atom. The molecule has 0 saturated carbocycles. The summed E-state index contributed by atoms with van der Waals surface area (Å²) >= 11 is 0. The Bertz CT molecular complexity index is 455. The van der Waals surface area contributed by atoms with Crippen LogP contribution in [0.1, 0.15) is 18.5 Å². The van der Waals surface area contributed by atoms with Gasteiger partial charge in [-0.3, -0.25) is 4.79 Å². The van der Waals surface area contributed by atoms with E-state index in [1.54, 1.807) is 0 Å². The first-order valence-corrected chi connectivity index (χ1v) is 5.84. The summed E-state index contributed by atoms with van der Waals surface area (Å²) in [4.78, 5) is 22.5. The van der Waals surface area contributed by atoms with Crippen molar-refractivity contribution >= 4 is 11.9 Å². The highest BCUT2D eigenvalue weighted by Crippen LogP contribution is 2.20. The minimum absolute atomic E-state index is 0.250. The first-order valence-electron chi connectivity index (χ1n) is 5.84. The van der Waals surface area contributed by atoms with Crippen LogP contribution < -0.4 is 5.32 Å².